The standard InChI is InChI=1S/C25H24F2N2O5S/c26-21-17(9-10-18(22(21)27)34-16-7-5-14(6-8-16)25(32)33)23(30)28-11-12-29-24(31)20-13-15-3-1-2-4-19(15)35-20/h1-4,9-10,13-14,16H,5-8,11-12H2,(H,28,30)(H,29,31)(H,32,33). The number of aliphatic carboxylic acids is 1. The third-order valence-corrected chi connectivity index (χ3v) is 7.07. The number of carboxylic acid groups (broad SMARTS) is 1. The van der Waals surface area contributed by atoms with Crippen molar-refractivity contribution < 1.29 is 33.0 Å². The van der Waals surface area contributed by atoms with E-state index in [1.165, 1.54) is 17.4 Å². The Morgan fingerprint density at radius 2 is 1.63 bits per heavy atom. The number of thiophene rings is 1. The Morgan fingerprint density at radius 3 is 2.31 bits per heavy atom. The van der Waals surface area contributed by atoms with Crippen LogP contribution in [0.4, 0.5) is 8.78 Å². The summed E-state index contributed by atoms with van der Waals surface area (Å²) in [4.78, 5) is 36.2. The van der Waals surface area contributed by atoms with E-state index in [4.69, 9.17) is 9.84 Å². The van der Waals surface area contributed by atoms with Crippen molar-refractivity contribution in [3.8, 4) is 5.75 Å². The fourth-order valence-corrected chi connectivity index (χ4v) is 5.01. The Bertz CT molecular complexity index is 1220. The van der Waals surface area contributed by atoms with Gasteiger partial charge in [0, 0.05) is 17.8 Å². The van der Waals surface area contributed by atoms with Crippen molar-refractivity contribution in [1.29, 1.82) is 0 Å². The summed E-state index contributed by atoms with van der Waals surface area (Å²) in [7, 11) is 0. The van der Waals surface area contributed by atoms with Gasteiger partial charge in [0.05, 0.1) is 22.5 Å². The summed E-state index contributed by atoms with van der Waals surface area (Å²) in [6, 6.07) is 11.7. The molecule has 0 spiro atoms. The second kappa shape index (κ2) is 10.8. The molecule has 35 heavy (non-hydrogen) atoms. The first-order chi connectivity index (χ1) is 16.8. The summed E-state index contributed by atoms with van der Waals surface area (Å²) in [5, 5.41) is 15.2. The van der Waals surface area contributed by atoms with Gasteiger partial charge in [-0.1, -0.05) is 18.2 Å². The lowest BCUT2D eigenvalue weighted by Gasteiger charge is -2.27. The molecule has 4 rings (SSSR count). The molecular formula is C25H24F2N2O5S. The van der Waals surface area contributed by atoms with Crippen LogP contribution in [0, 0.1) is 17.6 Å². The molecule has 0 radical (unpaired) electrons. The molecular weight excluding hydrogens is 478 g/mol. The Hall–Kier alpha value is -3.53. The first kappa shape index (κ1) is 24.6. The quantitative estimate of drug-likeness (QED) is 0.397. The maximum absolute atomic E-state index is 14.5. The zero-order valence-corrected chi connectivity index (χ0v) is 19.5. The van der Waals surface area contributed by atoms with E-state index in [0.29, 0.717) is 30.6 Å². The molecule has 3 N–H and O–H groups in total. The average Bonchev–Trinajstić information content (AvgIpc) is 3.29. The van der Waals surface area contributed by atoms with E-state index < -0.39 is 41.1 Å². The van der Waals surface area contributed by atoms with Crippen molar-refractivity contribution in [3.05, 3.63) is 64.5 Å². The van der Waals surface area contributed by atoms with Gasteiger partial charge in [-0.05, 0) is 55.3 Å². The topological polar surface area (TPSA) is 105 Å². The van der Waals surface area contributed by atoms with Crippen molar-refractivity contribution in [2.75, 3.05) is 13.1 Å². The minimum Gasteiger partial charge on any atom is -0.487 e. The molecule has 2 aromatic carbocycles. The predicted molar refractivity (Wildman–Crippen MR) is 127 cm³/mol. The normalized spacial score (nSPS) is 17.7. The van der Waals surface area contributed by atoms with E-state index in [2.05, 4.69) is 10.6 Å². The molecule has 0 saturated heterocycles. The van der Waals surface area contributed by atoms with Crippen molar-refractivity contribution in [2.24, 2.45) is 5.92 Å². The van der Waals surface area contributed by atoms with Gasteiger partial charge in [0.1, 0.15) is 0 Å². The number of ether oxygens (including phenoxy) is 1. The van der Waals surface area contributed by atoms with Crippen LogP contribution in [-0.4, -0.2) is 42.1 Å². The molecule has 10 heteroatoms. The van der Waals surface area contributed by atoms with Gasteiger partial charge in [-0.25, -0.2) is 4.39 Å². The lowest BCUT2D eigenvalue weighted by atomic mass is 9.87. The number of nitrogens with one attached hydrogen (secondary N) is 2. The molecule has 1 aromatic heterocycles. The Morgan fingerprint density at radius 1 is 0.943 bits per heavy atom. The summed E-state index contributed by atoms with van der Waals surface area (Å²) in [5.41, 5.74) is -0.472. The molecule has 3 aromatic rings. The van der Waals surface area contributed by atoms with E-state index >= 15 is 0 Å². The number of halogens is 2. The highest BCUT2D eigenvalue weighted by molar-refractivity contribution is 7.20. The molecule has 0 unspecified atom stereocenters. The maximum atomic E-state index is 14.5. The number of amides is 2. The van der Waals surface area contributed by atoms with Crippen LogP contribution in [0.1, 0.15) is 45.7 Å². The van der Waals surface area contributed by atoms with Crippen LogP contribution < -0.4 is 15.4 Å². The number of carbonyl (C=O) groups excluding carboxylic acids is 2. The highest BCUT2D eigenvalue weighted by atomic mass is 32.1. The molecule has 184 valence electrons. The minimum absolute atomic E-state index is 0.0294. The number of carbonyl (C=O) groups is 3. The molecule has 1 fully saturated rings. The maximum Gasteiger partial charge on any atom is 0.306 e. The highest BCUT2D eigenvalue weighted by Gasteiger charge is 2.28. The van der Waals surface area contributed by atoms with Gasteiger partial charge in [-0.3, -0.25) is 14.4 Å². The van der Waals surface area contributed by atoms with E-state index in [-0.39, 0.29) is 24.7 Å². The first-order valence-corrected chi connectivity index (χ1v) is 12.1. The van der Waals surface area contributed by atoms with Crippen LogP contribution in [0.15, 0.2) is 42.5 Å². The minimum atomic E-state index is -1.33. The Balaban J connectivity index is 1.27. The smallest absolute Gasteiger partial charge is 0.306 e. The van der Waals surface area contributed by atoms with Crippen LogP contribution in [0.25, 0.3) is 10.1 Å². The number of hydrogen-bond acceptors (Lipinski definition) is 5. The van der Waals surface area contributed by atoms with E-state index in [9.17, 15) is 23.2 Å². The fourth-order valence-electron chi connectivity index (χ4n) is 4.03. The zero-order chi connectivity index (χ0) is 24.9. The number of fused-ring (bicyclic) bond motifs is 1. The molecule has 1 aliphatic rings. The van der Waals surface area contributed by atoms with Crippen molar-refractivity contribution in [1.82, 2.24) is 10.6 Å². The summed E-state index contributed by atoms with van der Waals surface area (Å²) in [6.07, 6.45) is 1.25. The molecule has 1 heterocycles. The third kappa shape index (κ3) is 5.76. The average molecular weight is 503 g/mol. The summed E-state index contributed by atoms with van der Waals surface area (Å²) in [6.45, 7) is 0.144. The largest absolute Gasteiger partial charge is 0.487 e. The SMILES string of the molecule is O=C(NCCNC(=O)c1ccc(OC2CCC(C(=O)O)CC2)c(F)c1F)c1cc2ccccc2s1. The summed E-state index contributed by atoms with van der Waals surface area (Å²) < 4.78 is 35.6. The molecule has 2 amide bonds. The van der Waals surface area contributed by atoms with Crippen molar-refractivity contribution in [3.63, 3.8) is 0 Å². The van der Waals surface area contributed by atoms with E-state index in [0.717, 1.165) is 16.2 Å². The predicted octanol–water partition coefficient (Wildman–Crippen LogP) is 4.36. The molecule has 0 atom stereocenters. The number of benzene rings is 2. The molecule has 7 nitrogen and oxygen atoms in total. The zero-order valence-electron chi connectivity index (χ0n) is 18.7. The van der Waals surface area contributed by atoms with E-state index in [1.54, 1.807) is 6.07 Å². The molecule has 0 bridgehead atoms. The highest BCUT2D eigenvalue weighted by Crippen LogP contribution is 2.30. The van der Waals surface area contributed by atoms with Gasteiger partial charge in [-0.15, -0.1) is 11.3 Å². The van der Waals surface area contributed by atoms with Crippen molar-refractivity contribution in [2.45, 2.75) is 31.8 Å². The van der Waals surface area contributed by atoms with Crippen LogP contribution in [0.5, 0.6) is 5.75 Å². The molecule has 1 saturated carbocycles. The van der Waals surface area contributed by atoms with Gasteiger partial charge in [0.2, 0.25) is 5.82 Å². The summed E-state index contributed by atoms with van der Waals surface area (Å²) >= 11 is 1.36. The molecule has 1 aliphatic carbocycles. The van der Waals surface area contributed by atoms with Gasteiger partial charge < -0.3 is 20.5 Å². The van der Waals surface area contributed by atoms with Gasteiger partial charge in [-0.2, -0.15) is 4.39 Å². The van der Waals surface area contributed by atoms with Crippen molar-refractivity contribution >= 4 is 39.2 Å². The summed E-state index contributed by atoms with van der Waals surface area (Å²) in [5.74, 6) is -5.31. The lowest BCUT2D eigenvalue weighted by Crippen LogP contribution is -2.34. The first-order valence-electron chi connectivity index (χ1n) is 11.3. The van der Waals surface area contributed by atoms with Gasteiger partial charge >= 0.3 is 5.97 Å². The molecule has 0 aliphatic heterocycles. The second-order valence-corrected chi connectivity index (χ2v) is 9.41. The number of hydrogen-bond donors (Lipinski definition) is 3. The Kier molecular flexibility index (Phi) is 7.60. The monoisotopic (exact) mass is 502 g/mol. The number of carboxylic acids is 1. The van der Waals surface area contributed by atoms with Crippen LogP contribution in [0.3, 0.4) is 0 Å². The lowest BCUT2D eigenvalue weighted by molar-refractivity contribution is -0.143. The number of rotatable bonds is 8. The van der Waals surface area contributed by atoms with Crippen LogP contribution in [0.2, 0.25) is 0 Å². The third-order valence-electron chi connectivity index (χ3n) is 5.95. The second-order valence-electron chi connectivity index (χ2n) is 8.33. The fraction of sp³-hybridized carbons (Fsp3) is 0.320. The van der Waals surface area contributed by atoms with Gasteiger partial charge in [0.15, 0.2) is 11.6 Å². The van der Waals surface area contributed by atoms with Crippen LogP contribution >= 0.6 is 11.3 Å². The van der Waals surface area contributed by atoms with Gasteiger partial charge in [0.25, 0.3) is 11.8 Å². The van der Waals surface area contributed by atoms with E-state index in [1.807, 2.05) is 24.3 Å². The Labute approximate surface area is 204 Å². The van der Waals surface area contributed by atoms with Crippen LogP contribution in [-0.2, 0) is 4.79 Å².